The smallest absolute Gasteiger partial charge is 0.338 e. The lowest BCUT2D eigenvalue weighted by Crippen LogP contribution is -2.51. The highest BCUT2D eigenvalue weighted by molar-refractivity contribution is 5.89. The van der Waals surface area contributed by atoms with Gasteiger partial charge in [-0.2, -0.15) is 0 Å². The van der Waals surface area contributed by atoms with Crippen molar-refractivity contribution >= 4 is 30.1 Å². The first-order valence-corrected chi connectivity index (χ1v) is 10.5. The Morgan fingerprint density at radius 1 is 0.853 bits per heavy atom. The summed E-state index contributed by atoms with van der Waals surface area (Å²) in [4.78, 5) is 36.9. The number of esters is 3. The van der Waals surface area contributed by atoms with Crippen molar-refractivity contribution in [3.63, 3.8) is 0 Å². The summed E-state index contributed by atoms with van der Waals surface area (Å²) in [5.74, 6) is -2.21. The van der Waals surface area contributed by atoms with Crippen LogP contribution < -0.4 is 0 Å². The first-order chi connectivity index (χ1) is 16.2. The van der Waals surface area contributed by atoms with Gasteiger partial charge in [0.15, 0.2) is 11.7 Å². The maximum Gasteiger partial charge on any atom is 0.338 e. The van der Waals surface area contributed by atoms with Crippen molar-refractivity contribution in [2.75, 3.05) is 0 Å². The van der Waals surface area contributed by atoms with Crippen LogP contribution in [0.3, 0.4) is 0 Å². The molecule has 1 heterocycles. The molecule has 2 aliphatic rings. The van der Waals surface area contributed by atoms with Crippen LogP contribution in [-0.4, -0.2) is 57.1 Å². The van der Waals surface area contributed by atoms with E-state index in [1.165, 1.54) is 36.4 Å². The Bertz CT molecular complexity index is 1130. The molecular weight excluding hydrogens is 444 g/mol. The van der Waals surface area contributed by atoms with Gasteiger partial charge in [0.2, 0.25) is 0 Å². The van der Waals surface area contributed by atoms with Crippen molar-refractivity contribution in [2.24, 2.45) is 0 Å². The molecule has 1 saturated heterocycles. The molecule has 0 aromatic heterocycles. The van der Waals surface area contributed by atoms with E-state index < -0.39 is 41.8 Å². The van der Waals surface area contributed by atoms with E-state index in [1.807, 2.05) is 0 Å². The highest BCUT2D eigenvalue weighted by Gasteiger charge is 2.60. The topological polar surface area (TPSA) is 140 Å². The highest BCUT2D eigenvalue weighted by Crippen LogP contribution is 2.40. The molecule has 2 aromatic carbocycles. The van der Waals surface area contributed by atoms with E-state index in [9.17, 15) is 29.7 Å². The monoisotopic (exact) mass is 466 g/mol. The zero-order chi connectivity index (χ0) is 24.3. The molecule has 0 amide bonds. The van der Waals surface area contributed by atoms with Gasteiger partial charge in [-0.05, 0) is 47.5 Å². The summed E-state index contributed by atoms with van der Waals surface area (Å²) < 4.78 is 16.1. The molecule has 1 aliphatic carbocycles. The Kier molecular flexibility index (Phi) is 6.38. The van der Waals surface area contributed by atoms with Crippen molar-refractivity contribution in [2.45, 2.75) is 36.8 Å². The minimum Gasteiger partial charge on any atom is -0.508 e. The van der Waals surface area contributed by atoms with E-state index in [-0.39, 0.29) is 24.3 Å². The van der Waals surface area contributed by atoms with Crippen molar-refractivity contribution in [1.82, 2.24) is 0 Å². The summed E-state index contributed by atoms with van der Waals surface area (Å²) in [6, 6.07) is 12.2. The highest BCUT2D eigenvalue weighted by atomic mass is 16.6. The Morgan fingerprint density at radius 3 is 1.88 bits per heavy atom. The van der Waals surface area contributed by atoms with Crippen LogP contribution in [0.4, 0.5) is 0 Å². The SMILES string of the molecule is O=C(C=Cc1ccc(O)cc1)OC1CC2(O)CC(OC2=O)C1OC(=O)C=Cc1ccc(O)cc1. The second-order valence-electron chi connectivity index (χ2n) is 8.11. The minimum atomic E-state index is -1.82. The number of hydrogen-bond acceptors (Lipinski definition) is 9. The molecule has 3 N–H and O–H groups in total. The lowest BCUT2D eigenvalue weighted by atomic mass is 9.82. The average molecular weight is 466 g/mol. The standard InChI is InChI=1S/C25H22O9/c26-17-7-1-15(2-8-17)5-11-21(28)32-19-13-25(31)14-20(33-24(25)30)23(19)34-22(29)12-6-16-3-9-18(27)10-4-16/h1-12,19-20,23,26-27,31H,13-14H2. The van der Waals surface area contributed by atoms with Crippen LogP contribution in [0.25, 0.3) is 12.2 Å². The molecule has 2 aromatic rings. The summed E-state index contributed by atoms with van der Waals surface area (Å²) in [5, 5.41) is 29.2. The molecule has 4 atom stereocenters. The Hall–Kier alpha value is -4.11. The number of carbonyl (C=O) groups is 3. The molecule has 9 nitrogen and oxygen atoms in total. The van der Waals surface area contributed by atoms with Gasteiger partial charge in [0.05, 0.1) is 0 Å². The van der Waals surface area contributed by atoms with Gasteiger partial charge in [0.1, 0.15) is 23.7 Å². The van der Waals surface area contributed by atoms with E-state index in [2.05, 4.69) is 0 Å². The summed E-state index contributed by atoms with van der Waals surface area (Å²) in [6.45, 7) is 0. The van der Waals surface area contributed by atoms with Crippen LogP contribution >= 0.6 is 0 Å². The van der Waals surface area contributed by atoms with Crippen molar-refractivity contribution in [3.05, 3.63) is 71.8 Å². The predicted molar refractivity (Wildman–Crippen MR) is 118 cm³/mol. The second kappa shape index (κ2) is 9.40. The number of carbonyl (C=O) groups excluding carboxylic acids is 3. The molecule has 1 saturated carbocycles. The molecule has 1 aliphatic heterocycles. The Morgan fingerprint density at radius 2 is 1.35 bits per heavy atom. The van der Waals surface area contributed by atoms with E-state index in [4.69, 9.17) is 14.2 Å². The zero-order valence-corrected chi connectivity index (χ0v) is 17.9. The van der Waals surface area contributed by atoms with Gasteiger partial charge in [-0.15, -0.1) is 0 Å². The van der Waals surface area contributed by atoms with Crippen LogP contribution in [0.15, 0.2) is 60.7 Å². The fourth-order valence-corrected chi connectivity index (χ4v) is 3.87. The average Bonchev–Trinajstić information content (AvgIpc) is 3.05. The quantitative estimate of drug-likeness (QED) is 0.332. The molecule has 176 valence electrons. The van der Waals surface area contributed by atoms with E-state index in [1.54, 1.807) is 24.3 Å². The van der Waals surface area contributed by atoms with E-state index >= 15 is 0 Å². The molecule has 4 unspecified atom stereocenters. The Balaban J connectivity index is 1.45. The van der Waals surface area contributed by atoms with Gasteiger partial charge >= 0.3 is 17.9 Å². The summed E-state index contributed by atoms with van der Waals surface area (Å²) in [6.07, 6.45) is 1.72. The number of aliphatic hydroxyl groups is 1. The zero-order valence-electron chi connectivity index (χ0n) is 17.9. The Labute approximate surface area is 194 Å². The molecular formula is C25H22O9. The summed E-state index contributed by atoms with van der Waals surface area (Å²) in [7, 11) is 0. The van der Waals surface area contributed by atoms with Gasteiger partial charge in [0, 0.05) is 25.0 Å². The number of phenolic OH excluding ortho intramolecular Hbond substituents is 2. The van der Waals surface area contributed by atoms with Gasteiger partial charge in [-0.25, -0.2) is 14.4 Å². The van der Waals surface area contributed by atoms with E-state index in [0.29, 0.717) is 11.1 Å². The molecule has 2 fully saturated rings. The number of benzene rings is 2. The number of phenols is 2. The van der Waals surface area contributed by atoms with Crippen LogP contribution in [0, 0.1) is 0 Å². The van der Waals surface area contributed by atoms with Crippen LogP contribution in [0.1, 0.15) is 24.0 Å². The lowest BCUT2D eigenvalue weighted by molar-refractivity contribution is -0.178. The van der Waals surface area contributed by atoms with E-state index in [0.717, 1.165) is 12.2 Å². The van der Waals surface area contributed by atoms with Crippen molar-refractivity contribution in [1.29, 1.82) is 0 Å². The van der Waals surface area contributed by atoms with Gasteiger partial charge in [-0.3, -0.25) is 0 Å². The van der Waals surface area contributed by atoms with Gasteiger partial charge in [-0.1, -0.05) is 24.3 Å². The molecule has 34 heavy (non-hydrogen) atoms. The molecule has 9 heteroatoms. The summed E-state index contributed by atoms with van der Waals surface area (Å²) >= 11 is 0. The fourth-order valence-electron chi connectivity index (χ4n) is 3.87. The number of fused-ring (bicyclic) bond motifs is 2. The maximum atomic E-state index is 12.4. The van der Waals surface area contributed by atoms with Crippen LogP contribution in [-0.2, 0) is 28.6 Å². The summed E-state index contributed by atoms with van der Waals surface area (Å²) in [5.41, 5.74) is -0.540. The number of ether oxygens (including phenoxy) is 3. The molecule has 0 radical (unpaired) electrons. The first kappa shape index (κ1) is 23.1. The third-order valence-corrected chi connectivity index (χ3v) is 5.58. The van der Waals surface area contributed by atoms with Gasteiger partial charge in [0.25, 0.3) is 0 Å². The number of aromatic hydroxyl groups is 2. The number of hydrogen-bond donors (Lipinski definition) is 3. The molecule has 2 bridgehead atoms. The fraction of sp³-hybridized carbons (Fsp3) is 0.240. The normalized spacial score (nSPS) is 25.9. The van der Waals surface area contributed by atoms with Crippen molar-refractivity contribution < 1.29 is 43.9 Å². The lowest BCUT2D eigenvalue weighted by Gasteiger charge is -2.35. The number of rotatable bonds is 6. The second-order valence-corrected chi connectivity index (χ2v) is 8.11. The minimum absolute atomic E-state index is 0.0805. The molecule has 0 spiro atoms. The van der Waals surface area contributed by atoms with Crippen LogP contribution in [0.2, 0.25) is 0 Å². The maximum absolute atomic E-state index is 12.4. The predicted octanol–water partition coefficient (Wildman–Crippen LogP) is 2.10. The van der Waals surface area contributed by atoms with Crippen LogP contribution in [0.5, 0.6) is 11.5 Å². The molecule has 4 rings (SSSR count). The first-order valence-electron chi connectivity index (χ1n) is 10.5. The third kappa shape index (κ3) is 5.26. The van der Waals surface area contributed by atoms with Crippen molar-refractivity contribution in [3.8, 4) is 11.5 Å². The largest absolute Gasteiger partial charge is 0.508 e. The van der Waals surface area contributed by atoms with Gasteiger partial charge < -0.3 is 29.5 Å². The third-order valence-electron chi connectivity index (χ3n) is 5.58.